The molecule has 31 heavy (non-hydrogen) atoms. The number of aryl methyl sites for hydroxylation is 1. The number of carbonyl (C=O) groups excluding carboxylic acids is 1. The first-order chi connectivity index (χ1) is 14.8. The maximum atomic E-state index is 12.0. The molecular weight excluding hydrogens is 536 g/mol. The van der Waals surface area contributed by atoms with Crippen LogP contribution in [0, 0.1) is 18.3 Å². The number of rotatable bonds is 9. The summed E-state index contributed by atoms with van der Waals surface area (Å²) in [7, 11) is 2.97. The zero-order chi connectivity index (χ0) is 23.0. The molecule has 0 fully saturated rings. The number of nitrogens with one attached hydrogen (secondary N) is 1. The lowest BCUT2D eigenvalue weighted by Gasteiger charge is -2.13. The summed E-state index contributed by atoms with van der Waals surface area (Å²) in [5, 5.41) is 23.4. The first-order valence-corrected chi connectivity index (χ1v) is 10.5. The minimum Gasteiger partial charge on any atom is -0.504 e. The summed E-state index contributed by atoms with van der Waals surface area (Å²) < 4.78 is 17.0. The van der Waals surface area contributed by atoms with Gasteiger partial charge in [-0.05, 0) is 35.0 Å². The number of phenolic OH excluding ortho intramolecular Hbond substituents is 1. The molecule has 0 bridgehead atoms. The van der Waals surface area contributed by atoms with Gasteiger partial charge >= 0.3 is 0 Å². The van der Waals surface area contributed by atoms with Gasteiger partial charge in [0, 0.05) is 39.8 Å². The van der Waals surface area contributed by atoms with Crippen molar-refractivity contribution < 1.29 is 24.1 Å². The van der Waals surface area contributed by atoms with Gasteiger partial charge in [-0.15, -0.1) is 0 Å². The molecule has 2 N–H and O–H groups in total. The Hall–Kier alpha value is -2.68. The predicted octanol–water partition coefficient (Wildman–Crippen LogP) is 3.37. The zero-order valence-corrected chi connectivity index (χ0v) is 20.2. The number of nitriles is 1. The lowest BCUT2D eigenvalue weighted by molar-refractivity contribution is -0.123. The molecule has 0 saturated carbocycles. The van der Waals surface area contributed by atoms with Crippen molar-refractivity contribution in [1.29, 1.82) is 5.26 Å². The summed E-state index contributed by atoms with van der Waals surface area (Å²) in [6.45, 7) is 1.54. The van der Waals surface area contributed by atoms with Crippen molar-refractivity contribution in [2.75, 3.05) is 20.8 Å². The molecule has 0 atom stereocenters. The number of pyridine rings is 1. The Morgan fingerprint density at radius 1 is 1.39 bits per heavy atom. The molecule has 0 unspecified atom stereocenters. The number of phenols is 1. The fourth-order valence-corrected chi connectivity index (χ4v) is 3.47. The fourth-order valence-electron chi connectivity index (χ4n) is 2.58. The highest BCUT2D eigenvalue weighted by Crippen LogP contribution is 2.33. The summed E-state index contributed by atoms with van der Waals surface area (Å²) in [4.78, 5) is 16.3. The number of ether oxygens (including phenoxy) is 3. The quantitative estimate of drug-likeness (QED) is 0.359. The van der Waals surface area contributed by atoms with Gasteiger partial charge in [-0.3, -0.25) is 4.79 Å². The van der Waals surface area contributed by atoms with Crippen LogP contribution in [0.1, 0.15) is 22.4 Å². The molecule has 0 aliphatic carbocycles. The molecule has 1 aromatic heterocycles. The minimum atomic E-state index is -0.535. The fraction of sp³-hybridized carbons (Fsp3) is 0.300. The van der Waals surface area contributed by atoms with Gasteiger partial charge in [0.05, 0.1) is 19.4 Å². The van der Waals surface area contributed by atoms with Crippen LogP contribution in [0.15, 0.2) is 26.2 Å². The third kappa shape index (κ3) is 6.40. The average molecular weight is 556 g/mol. The van der Waals surface area contributed by atoms with Crippen molar-refractivity contribution >= 4 is 44.0 Å². The number of hydrogen-bond acceptors (Lipinski definition) is 8. The number of carbonyl (C=O) groups is 1. The van der Waals surface area contributed by atoms with E-state index in [1.165, 1.54) is 20.4 Å². The van der Waals surface area contributed by atoms with Crippen LogP contribution in [0.25, 0.3) is 0 Å². The number of aromatic nitrogens is 1. The smallest absolute Gasteiger partial charge is 0.278 e. The molecule has 2 aromatic rings. The van der Waals surface area contributed by atoms with E-state index in [2.05, 4.69) is 47.4 Å². The first-order valence-electron chi connectivity index (χ1n) is 8.88. The maximum Gasteiger partial charge on any atom is 0.278 e. The number of amides is 1. The Bertz CT molecular complexity index is 1040. The zero-order valence-electron chi connectivity index (χ0n) is 17.0. The normalized spacial score (nSPS) is 10.7. The molecule has 1 heterocycles. The Kier molecular flexibility index (Phi) is 9.23. The van der Waals surface area contributed by atoms with Crippen LogP contribution in [-0.2, 0) is 22.6 Å². The van der Waals surface area contributed by atoms with Gasteiger partial charge in [0.1, 0.15) is 11.6 Å². The summed E-state index contributed by atoms with van der Waals surface area (Å²) in [5.41, 5.74) is 4.28. The van der Waals surface area contributed by atoms with Crippen LogP contribution in [0.5, 0.6) is 17.4 Å². The number of benzene rings is 1. The Balaban J connectivity index is 1.99. The van der Waals surface area contributed by atoms with Crippen LogP contribution < -0.4 is 14.9 Å². The molecule has 2 rings (SSSR count). The van der Waals surface area contributed by atoms with Crippen LogP contribution >= 0.6 is 31.9 Å². The molecule has 0 aliphatic heterocycles. The molecule has 164 valence electrons. The molecule has 0 spiro atoms. The number of aromatic hydroxyl groups is 1. The van der Waals surface area contributed by atoms with E-state index in [1.54, 1.807) is 19.1 Å². The van der Waals surface area contributed by atoms with E-state index in [9.17, 15) is 15.2 Å². The highest BCUT2D eigenvalue weighted by atomic mass is 79.9. The predicted molar refractivity (Wildman–Crippen MR) is 120 cm³/mol. The molecule has 1 aromatic carbocycles. The second kappa shape index (κ2) is 11.6. The number of hydrogen-bond donors (Lipinski definition) is 2. The van der Waals surface area contributed by atoms with Crippen molar-refractivity contribution in [3.63, 3.8) is 0 Å². The van der Waals surface area contributed by atoms with Crippen molar-refractivity contribution in [2.45, 2.75) is 20.0 Å². The number of halogens is 2. The molecule has 0 saturated heterocycles. The summed E-state index contributed by atoms with van der Waals surface area (Å²) in [6.07, 6.45) is 1.69. The highest BCUT2D eigenvalue weighted by Gasteiger charge is 2.18. The van der Waals surface area contributed by atoms with Crippen molar-refractivity contribution in [2.24, 2.45) is 5.10 Å². The van der Waals surface area contributed by atoms with Gasteiger partial charge in [0.2, 0.25) is 5.88 Å². The molecule has 11 heteroatoms. The molecule has 1 amide bonds. The summed E-state index contributed by atoms with van der Waals surface area (Å²) in [5.74, 6) is -0.166. The van der Waals surface area contributed by atoms with Gasteiger partial charge in [0.25, 0.3) is 5.91 Å². The molecule has 0 aliphatic rings. The third-order valence-corrected chi connectivity index (χ3v) is 5.55. The van der Waals surface area contributed by atoms with E-state index in [0.717, 1.165) is 4.47 Å². The van der Waals surface area contributed by atoms with Crippen LogP contribution in [0.4, 0.5) is 0 Å². The van der Waals surface area contributed by atoms with Gasteiger partial charge in [0.15, 0.2) is 18.1 Å². The third-order valence-electron chi connectivity index (χ3n) is 4.04. The minimum absolute atomic E-state index is 0.000566. The highest BCUT2D eigenvalue weighted by molar-refractivity contribution is 9.10. The summed E-state index contributed by atoms with van der Waals surface area (Å²) in [6, 6.07) is 5.39. The lowest BCUT2D eigenvalue weighted by atomic mass is 10.1. The monoisotopic (exact) mass is 554 g/mol. The van der Waals surface area contributed by atoms with Crippen molar-refractivity contribution in [1.82, 2.24) is 10.4 Å². The van der Waals surface area contributed by atoms with Gasteiger partial charge in [-0.25, -0.2) is 10.4 Å². The largest absolute Gasteiger partial charge is 0.504 e. The number of hydrazone groups is 1. The second-order valence-corrected chi connectivity index (χ2v) is 7.88. The lowest BCUT2D eigenvalue weighted by Crippen LogP contribution is -2.25. The van der Waals surface area contributed by atoms with E-state index in [0.29, 0.717) is 27.0 Å². The van der Waals surface area contributed by atoms with E-state index >= 15 is 0 Å². The molecule has 0 radical (unpaired) electrons. The van der Waals surface area contributed by atoms with Gasteiger partial charge in [-0.2, -0.15) is 10.4 Å². The van der Waals surface area contributed by atoms with Crippen molar-refractivity contribution in [3.05, 3.63) is 43.5 Å². The maximum absolute atomic E-state index is 12.0. The van der Waals surface area contributed by atoms with E-state index in [4.69, 9.17) is 14.2 Å². The molecule has 9 nitrogen and oxygen atoms in total. The SMILES string of the molecule is COCc1c(Br)c(C)nc(OCC(=O)N/N=C/Cc2cc(Br)cc(OC)c2O)c1C#N. The molecular formula is C20H20Br2N4O5. The average Bonchev–Trinajstić information content (AvgIpc) is 2.75. The van der Waals surface area contributed by atoms with Crippen LogP contribution in [-0.4, -0.2) is 43.0 Å². The van der Waals surface area contributed by atoms with E-state index in [-0.39, 0.29) is 36.8 Å². The Morgan fingerprint density at radius 3 is 2.77 bits per heavy atom. The number of methoxy groups -OCH3 is 2. The summed E-state index contributed by atoms with van der Waals surface area (Å²) >= 11 is 6.73. The van der Waals surface area contributed by atoms with Crippen LogP contribution in [0.2, 0.25) is 0 Å². The standard InChI is InChI=1S/C20H20Br2N4O5/c1-11-18(22)15(9-29-2)14(8-23)20(25-11)31-10-17(27)26-24-5-4-12-6-13(21)7-16(30-3)19(12)28/h5-7,28H,4,9-10H2,1-3H3,(H,26,27)/b24-5+. The first kappa shape index (κ1) is 24.6. The Labute approximate surface area is 196 Å². The van der Waals surface area contributed by atoms with Gasteiger partial charge in [-0.1, -0.05) is 15.9 Å². The topological polar surface area (TPSA) is 126 Å². The van der Waals surface area contributed by atoms with Crippen LogP contribution in [0.3, 0.4) is 0 Å². The number of nitrogens with zero attached hydrogens (tertiary/aromatic N) is 3. The van der Waals surface area contributed by atoms with Gasteiger partial charge < -0.3 is 19.3 Å². The van der Waals surface area contributed by atoms with E-state index in [1.807, 2.05) is 6.07 Å². The Morgan fingerprint density at radius 2 is 2.13 bits per heavy atom. The van der Waals surface area contributed by atoms with E-state index < -0.39 is 5.91 Å². The van der Waals surface area contributed by atoms with Crippen molar-refractivity contribution in [3.8, 4) is 23.4 Å². The second-order valence-electron chi connectivity index (χ2n) is 6.17.